The van der Waals surface area contributed by atoms with Gasteiger partial charge < -0.3 is 11.1 Å². The van der Waals surface area contributed by atoms with Gasteiger partial charge in [-0.25, -0.2) is 0 Å². The third-order valence-corrected chi connectivity index (χ3v) is 4.32. The summed E-state index contributed by atoms with van der Waals surface area (Å²) in [6.45, 7) is 5.74. The quantitative estimate of drug-likeness (QED) is 0.759. The smallest absolute Gasteiger partial charge is 0.230 e. The average Bonchev–Trinajstić information content (AvgIpc) is 2.38. The van der Waals surface area contributed by atoms with Crippen molar-refractivity contribution in [1.29, 1.82) is 0 Å². The highest BCUT2D eigenvalue weighted by Crippen LogP contribution is 2.20. The maximum atomic E-state index is 11.9. The monoisotopic (exact) mass is 294 g/mol. The van der Waals surface area contributed by atoms with Gasteiger partial charge in [0.25, 0.3) is 0 Å². The SMILES string of the molecule is Cc1cccc(C)c1NC(=O)CCCSC(C)C(N)=O. The lowest BCUT2D eigenvalue weighted by atomic mass is 10.1. The molecule has 1 rings (SSSR count). The van der Waals surface area contributed by atoms with E-state index < -0.39 is 0 Å². The number of nitrogens with one attached hydrogen (secondary N) is 1. The molecule has 5 heteroatoms. The molecule has 0 bridgehead atoms. The van der Waals surface area contributed by atoms with E-state index in [1.807, 2.05) is 32.0 Å². The number of anilines is 1. The molecule has 0 aliphatic carbocycles. The van der Waals surface area contributed by atoms with E-state index in [2.05, 4.69) is 5.32 Å². The Bertz CT molecular complexity index is 469. The highest BCUT2D eigenvalue weighted by molar-refractivity contribution is 8.00. The first-order chi connectivity index (χ1) is 9.41. The molecule has 110 valence electrons. The van der Waals surface area contributed by atoms with Gasteiger partial charge >= 0.3 is 0 Å². The van der Waals surface area contributed by atoms with Gasteiger partial charge in [0, 0.05) is 12.1 Å². The Labute approximate surface area is 124 Å². The van der Waals surface area contributed by atoms with Crippen LogP contribution < -0.4 is 11.1 Å². The Hall–Kier alpha value is -1.49. The molecule has 0 radical (unpaired) electrons. The molecule has 0 aliphatic rings. The van der Waals surface area contributed by atoms with Crippen molar-refractivity contribution >= 4 is 29.3 Å². The summed E-state index contributed by atoms with van der Waals surface area (Å²) in [6, 6.07) is 5.93. The van der Waals surface area contributed by atoms with Crippen LogP contribution in [0, 0.1) is 13.8 Å². The number of hydrogen-bond acceptors (Lipinski definition) is 3. The van der Waals surface area contributed by atoms with Crippen LogP contribution in [0.25, 0.3) is 0 Å². The number of rotatable bonds is 7. The van der Waals surface area contributed by atoms with Gasteiger partial charge in [0.1, 0.15) is 0 Å². The predicted molar refractivity (Wildman–Crippen MR) is 84.9 cm³/mol. The molecule has 0 heterocycles. The van der Waals surface area contributed by atoms with Crippen molar-refractivity contribution in [2.45, 2.75) is 38.9 Å². The molecule has 1 aromatic rings. The Kier molecular flexibility index (Phi) is 6.58. The predicted octanol–water partition coefficient (Wildman–Crippen LogP) is 2.63. The Morgan fingerprint density at radius 1 is 1.30 bits per heavy atom. The minimum Gasteiger partial charge on any atom is -0.369 e. The number of thioether (sulfide) groups is 1. The molecule has 0 aromatic heterocycles. The van der Waals surface area contributed by atoms with Crippen molar-refractivity contribution in [2.24, 2.45) is 5.73 Å². The topological polar surface area (TPSA) is 72.2 Å². The van der Waals surface area contributed by atoms with E-state index in [-0.39, 0.29) is 17.1 Å². The summed E-state index contributed by atoms with van der Waals surface area (Å²) in [4.78, 5) is 22.7. The fraction of sp³-hybridized carbons (Fsp3) is 0.467. The zero-order valence-electron chi connectivity index (χ0n) is 12.2. The molecule has 20 heavy (non-hydrogen) atoms. The molecular formula is C15H22N2O2S. The zero-order chi connectivity index (χ0) is 15.1. The highest BCUT2D eigenvalue weighted by atomic mass is 32.2. The van der Waals surface area contributed by atoms with Crippen molar-refractivity contribution in [3.05, 3.63) is 29.3 Å². The third-order valence-electron chi connectivity index (χ3n) is 3.06. The van der Waals surface area contributed by atoms with Crippen LogP contribution in [0.1, 0.15) is 30.9 Å². The van der Waals surface area contributed by atoms with Gasteiger partial charge in [-0.15, -0.1) is 11.8 Å². The summed E-state index contributed by atoms with van der Waals surface area (Å²) in [7, 11) is 0. The number of amides is 2. The highest BCUT2D eigenvalue weighted by Gasteiger charge is 2.10. The van der Waals surface area contributed by atoms with E-state index in [1.165, 1.54) is 11.8 Å². The first-order valence-corrected chi connectivity index (χ1v) is 7.73. The second-order valence-electron chi connectivity index (χ2n) is 4.83. The largest absolute Gasteiger partial charge is 0.369 e. The van der Waals surface area contributed by atoms with Crippen molar-refractivity contribution < 1.29 is 9.59 Å². The van der Waals surface area contributed by atoms with Crippen LogP contribution in [0.2, 0.25) is 0 Å². The Morgan fingerprint density at radius 2 is 1.90 bits per heavy atom. The molecule has 1 atom stereocenters. The molecule has 0 saturated carbocycles. The molecule has 1 aromatic carbocycles. The van der Waals surface area contributed by atoms with Crippen molar-refractivity contribution in [3.63, 3.8) is 0 Å². The molecule has 0 aliphatic heterocycles. The summed E-state index contributed by atoms with van der Waals surface area (Å²) in [5, 5.41) is 2.75. The van der Waals surface area contributed by atoms with Crippen LogP contribution in [0.5, 0.6) is 0 Å². The van der Waals surface area contributed by atoms with E-state index in [9.17, 15) is 9.59 Å². The lowest BCUT2D eigenvalue weighted by molar-refractivity contribution is -0.117. The Morgan fingerprint density at radius 3 is 2.45 bits per heavy atom. The molecule has 0 saturated heterocycles. The lowest BCUT2D eigenvalue weighted by Gasteiger charge is -2.11. The second kappa shape index (κ2) is 7.94. The minimum atomic E-state index is -0.310. The number of nitrogens with two attached hydrogens (primary N) is 1. The lowest BCUT2D eigenvalue weighted by Crippen LogP contribution is -2.23. The first kappa shape index (κ1) is 16.6. The van der Waals surface area contributed by atoms with Crippen LogP contribution in [-0.4, -0.2) is 22.8 Å². The van der Waals surface area contributed by atoms with Gasteiger partial charge in [-0.1, -0.05) is 18.2 Å². The Balaban J connectivity index is 2.36. The van der Waals surface area contributed by atoms with Crippen molar-refractivity contribution in [2.75, 3.05) is 11.1 Å². The summed E-state index contributed by atoms with van der Waals surface area (Å²) < 4.78 is 0. The van der Waals surface area contributed by atoms with Crippen LogP contribution in [0.3, 0.4) is 0 Å². The maximum Gasteiger partial charge on any atom is 0.230 e. The average molecular weight is 294 g/mol. The number of aryl methyl sites for hydroxylation is 2. The third kappa shape index (κ3) is 5.25. The maximum absolute atomic E-state index is 11.9. The van der Waals surface area contributed by atoms with Crippen molar-refractivity contribution in [3.8, 4) is 0 Å². The number of carbonyl (C=O) groups is 2. The van der Waals surface area contributed by atoms with Crippen molar-refractivity contribution in [1.82, 2.24) is 0 Å². The van der Waals surface area contributed by atoms with Gasteiger partial charge in [0.15, 0.2) is 0 Å². The zero-order valence-corrected chi connectivity index (χ0v) is 13.0. The fourth-order valence-electron chi connectivity index (χ4n) is 1.79. The van der Waals surface area contributed by atoms with Crippen LogP contribution in [0.4, 0.5) is 5.69 Å². The number of para-hydroxylation sites is 1. The molecular weight excluding hydrogens is 272 g/mol. The minimum absolute atomic E-state index is 0.00901. The summed E-state index contributed by atoms with van der Waals surface area (Å²) >= 11 is 1.48. The van der Waals surface area contributed by atoms with Gasteiger partial charge in [-0.05, 0) is 44.1 Å². The number of carbonyl (C=O) groups excluding carboxylic acids is 2. The first-order valence-electron chi connectivity index (χ1n) is 6.68. The van der Waals surface area contributed by atoms with Gasteiger partial charge in [-0.2, -0.15) is 0 Å². The molecule has 0 fully saturated rings. The van der Waals surface area contributed by atoms with E-state index >= 15 is 0 Å². The number of hydrogen-bond donors (Lipinski definition) is 2. The molecule has 0 spiro atoms. The van der Waals surface area contributed by atoms with E-state index in [0.717, 1.165) is 29.0 Å². The molecule has 3 N–H and O–H groups in total. The van der Waals surface area contributed by atoms with Crippen LogP contribution in [-0.2, 0) is 9.59 Å². The van der Waals surface area contributed by atoms with Gasteiger partial charge in [0.05, 0.1) is 5.25 Å². The van der Waals surface area contributed by atoms with E-state index in [4.69, 9.17) is 5.73 Å². The van der Waals surface area contributed by atoms with Gasteiger partial charge in [-0.3, -0.25) is 9.59 Å². The normalized spacial score (nSPS) is 11.9. The molecule has 1 unspecified atom stereocenters. The second-order valence-corrected chi connectivity index (χ2v) is 6.28. The summed E-state index contributed by atoms with van der Waals surface area (Å²) in [6.07, 6.45) is 1.19. The van der Waals surface area contributed by atoms with E-state index in [1.54, 1.807) is 6.92 Å². The molecule has 4 nitrogen and oxygen atoms in total. The standard InChI is InChI=1S/C15H22N2O2S/c1-10-6-4-7-11(2)14(10)17-13(18)8-5-9-20-12(3)15(16)19/h4,6-7,12H,5,8-9H2,1-3H3,(H2,16,19)(H,17,18). The van der Waals surface area contributed by atoms with Gasteiger partial charge in [0.2, 0.25) is 11.8 Å². The van der Waals surface area contributed by atoms with E-state index in [0.29, 0.717) is 6.42 Å². The number of primary amides is 1. The van der Waals surface area contributed by atoms with Crippen LogP contribution >= 0.6 is 11.8 Å². The van der Waals surface area contributed by atoms with Crippen LogP contribution in [0.15, 0.2) is 18.2 Å². The summed E-state index contributed by atoms with van der Waals surface area (Å²) in [5.41, 5.74) is 8.20. The summed E-state index contributed by atoms with van der Waals surface area (Å²) in [5.74, 6) is 0.453. The fourth-order valence-corrected chi connectivity index (χ4v) is 2.62. The number of benzene rings is 1. The molecule has 2 amide bonds.